The lowest BCUT2D eigenvalue weighted by Gasteiger charge is -2.31. The van der Waals surface area contributed by atoms with E-state index in [0.717, 1.165) is 15.9 Å². The smallest absolute Gasteiger partial charge is 0.281 e. The summed E-state index contributed by atoms with van der Waals surface area (Å²) in [6, 6.07) is 29.0. The Kier molecular flexibility index (Phi) is 7.64. The number of carbonyl (C=O) groups is 1. The van der Waals surface area contributed by atoms with Gasteiger partial charge in [-0.3, -0.25) is 14.9 Å². The van der Waals surface area contributed by atoms with Crippen LogP contribution in [-0.2, 0) is 4.79 Å². The number of amides is 1. The topological polar surface area (TPSA) is 104 Å². The maximum atomic E-state index is 14.5. The second-order valence-corrected chi connectivity index (χ2v) is 12.5. The Morgan fingerprint density at radius 3 is 1.41 bits per heavy atom. The Bertz CT molecular complexity index is 1560. The van der Waals surface area contributed by atoms with E-state index in [1.54, 1.807) is 21.3 Å². The van der Waals surface area contributed by atoms with Crippen molar-refractivity contribution in [1.82, 2.24) is 0 Å². The number of methoxy groups -OCH3 is 3. The van der Waals surface area contributed by atoms with Crippen molar-refractivity contribution >= 4 is 51.1 Å². The van der Waals surface area contributed by atoms with Crippen LogP contribution in [0.4, 0.5) is 11.4 Å². The van der Waals surface area contributed by atoms with Crippen LogP contribution in [-0.4, -0.2) is 43.2 Å². The highest BCUT2D eigenvalue weighted by Gasteiger charge is 2.40. The lowest BCUT2D eigenvalue weighted by molar-refractivity contribution is -0.384. The van der Waals surface area contributed by atoms with E-state index in [1.165, 1.54) is 29.3 Å². The summed E-state index contributed by atoms with van der Waals surface area (Å²) < 4.78 is 16.3. The van der Waals surface area contributed by atoms with Gasteiger partial charge in [-0.05, 0) is 78.3 Å². The highest BCUT2D eigenvalue weighted by Crippen LogP contribution is 2.49. The predicted octanol–water partition coefficient (Wildman–Crippen LogP) is 4.51. The molecule has 10 heteroatoms. The molecule has 4 aromatic carbocycles. The molecule has 1 amide bonds. The third-order valence-electron chi connectivity index (χ3n) is 7.01. The van der Waals surface area contributed by atoms with Crippen molar-refractivity contribution in [1.29, 1.82) is 0 Å². The van der Waals surface area contributed by atoms with Gasteiger partial charge in [0.1, 0.15) is 17.2 Å². The molecule has 0 unspecified atom stereocenters. The number of hydrogen-bond donors (Lipinski definition) is 0. The minimum absolute atomic E-state index is 0.0677. The lowest BCUT2D eigenvalue weighted by atomic mass is 10.2. The van der Waals surface area contributed by atoms with Crippen molar-refractivity contribution in [2.24, 2.45) is 5.10 Å². The normalized spacial score (nSPS) is 13.2. The molecule has 1 aliphatic rings. The number of anilines is 1. The molecule has 0 saturated carbocycles. The van der Waals surface area contributed by atoms with Crippen LogP contribution in [0.5, 0.6) is 17.2 Å². The fourth-order valence-electron chi connectivity index (χ4n) is 5.03. The monoisotopic (exact) mass is 569 g/mol. The molecular weight excluding hydrogens is 541 g/mol. The van der Waals surface area contributed by atoms with E-state index >= 15 is 0 Å². The summed E-state index contributed by atoms with van der Waals surface area (Å²) in [6.45, 7) is -1.04. The van der Waals surface area contributed by atoms with Crippen LogP contribution in [0.2, 0.25) is 0 Å². The Labute approximate surface area is 237 Å². The zero-order valence-electron chi connectivity index (χ0n) is 23.0. The zero-order chi connectivity index (χ0) is 29.1. The Balaban J connectivity index is 1.86. The zero-order valence-corrected chi connectivity index (χ0v) is 23.9. The standard InChI is InChI=1S/C31H28N3O6P/c1-21-30(31(35)33(32-21)22-5-7-23(8-6-22)34(36)37)41(27-15-9-24(38-2)10-16-27,28-17-11-25(39-3)12-18-28)29-19-13-26(40-4)14-20-29/h5-20H,1-4H3. The van der Waals surface area contributed by atoms with Gasteiger partial charge < -0.3 is 14.2 Å². The number of hydrazone groups is 1. The van der Waals surface area contributed by atoms with E-state index in [-0.39, 0.29) is 11.6 Å². The number of carbonyl (C=O) groups excluding carboxylic acids is 1. The molecule has 0 saturated heterocycles. The van der Waals surface area contributed by atoms with Gasteiger partial charge in [-0.1, -0.05) is 36.4 Å². The van der Waals surface area contributed by atoms with Crippen molar-refractivity contribution in [3.05, 3.63) is 107 Å². The summed E-state index contributed by atoms with van der Waals surface area (Å²) >= 11 is 0. The SMILES string of the molecule is COc1ccc(P(=C2C(=O)N(c3ccc([N+](=O)[O-])cc3)N=C2C)(c2ccc(OC)cc2)c2ccc(OC)cc2)cc1. The van der Waals surface area contributed by atoms with E-state index < -0.39 is 11.8 Å². The highest BCUT2D eigenvalue weighted by molar-refractivity contribution is 7.97. The summed E-state index contributed by atoms with van der Waals surface area (Å²) in [6.07, 6.45) is 0. The number of hydrogen-bond acceptors (Lipinski definition) is 7. The van der Waals surface area contributed by atoms with E-state index in [1.807, 2.05) is 79.7 Å². The second-order valence-electron chi connectivity index (χ2n) is 9.19. The number of nitro groups is 1. The summed E-state index contributed by atoms with van der Waals surface area (Å²) in [5.41, 5.74) is 0.929. The van der Waals surface area contributed by atoms with E-state index in [9.17, 15) is 14.9 Å². The Hall–Kier alpha value is -4.88. The minimum Gasteiger partial charge on any atom is -0.497 e. The number of non-ortho nitro benzene ring substituents is 1. The molecule has 0 radical (unpaired) electrons. The lowest BCUT2D eigenvalue weighted by Crippen LogP contribution is -2.37. The fraction of sp³-hybridized carbons (Fsp3) is 0.129. The first-order valence-electron chi connectivity index (χ1n) is 12.7. The number of rotatable bonds is 8. The summed E-state index contributed by atoms with van der Waals surface area (Å²) in [7, 11) is 4.83. The van der Waals surface area contributed by atoms with E-state index in [4.69, 9.17) is 14.2 Å². The van der Waals surface area contributed by atoms with Crippen LogP contribution >= 0.6 is 6.89 Å². The number of ether oxygens (including phenoxy) is 3. The van der Waals surface area contributed by atoms with Gasteiger partial charge in [0.15, 0.2) is 0 Å². The van der Waals surface area contributed by atoms with Crippen molar-refractivity contribution in [3.63, 3.8) is 0 Å². The van der Waals surface area contributed by atoms with Gasteiger partial charge in [-0.15, -0.1) is 0 Å². The van der Waals surface area contributed by atoms with Gasteiger partial charge in [-0.2, -0.15) is 10.1 Å². The van der Waals surface area contributed by atoms with Gasteiger partial charge in [0.2, 0.25) is 0 Å². The van der Waals surface area contributed by atoms with Gasteiger partial charge in [0.25, 0.3) is 11.6 Å². The number of nitrogens with zero attached hydrogens (tertiary/aromatic N) is 3. The molecular formula is C31H28N3O6P. The van der Waals surface area contributed by atoms with Gasteiger partial charge in [0, 0.05) is 12.1 Å². The molecule has 41 heavy (non-hydrogen) atoms. The quantitative estimate of drug-likeness (QED) is 0.176. The molecule has 0 fully saturated rings. The molecule has 208 valence electrons. The van der Waals surface area contributed by atoms with Gasteiger partial charge >= 0.3 is 0 Å². The number of nitro benzene ring substituents is 1. The third kappa shape index (κ3) is 4.85. The summed E-state index contributed by atoms with van der Waals surface area (Å²) in [4.78, 5) is 25.2. The van der Waals surface area contributed by atoms with E-state index in [2.05, 4.69) is 5.10 Å². The first-order valence-corrected chi connectivity index (χ1v) is 14.5. The fourth-order valence-corrected chi connectivity index (χ4v) is 9.40. The molecule has 0 aliphatic carbocycles. The first kappa shape index (κ1) is 27.7. The van der Waals surface area contributed by atoms with Crippen molar-refractivity contribution < 1.29 is 23.9 Å². The molecule has 1 aliphatic heterocycles. The molecule has 4 aromatic rings. The Morgan fingerprint density at radius 2 is 1.07 bits per heavy atom. The van der Waals surface area contributed by atoms with Crippen molar-refractivity contribution in [2.45, 2.75) is 6.92 Å². The predicted molar refractivity (Wildman–Crippen MR) is 164 cm³/mol. The van der Waals surface area contributed by atoms with Crippen LogP contribution in [0, 0.1) is 10.1 Å². The molecule has 9 nitrogen and oxygen atoms in total. The third-order valence-corrected chi connectivity index (χ3v) is 11.4. The molecule has 5 rings (SSSR count). The van der Waals surface area contributed by atoms with Crippen LogP contribution in [0.3, 0.4) is 0 Å². The highest BCUT2D eigenvalue weighted by atomic mass is 31.2. The van der Waals surface area contributed by atoms with Crippen LogP contribution < -0.4 is 35.1 Å². The summed E-state index contributed by atoms with van der Waals surface area (Å²) in [5.74, 6) is 1.78. The Morgan fingerprint density at radius 1 is 0.683 bits per heavy atom. The maximum Gasteiger partial charge on any atom is 0.281 e. The molecule has 0 spiro atoms. The maximum absolute atomic E-state index is 14.5. The first-order chi connectivity index (χ1) is 19.8. The minimum atomic E-state index is -2.87. The molecule has 0 bridgehead atoms. The molecule has 0 N–H and O–H groups in total. The summed E-state index contributed by atoms with van der Waals surface area (Å²) in [5, 5.41) is 20.6. The van der Waals surface area contributed by atoms with Crippen molar-refractivity contribution in [3.8, 4) is 17.2 Å². The van der Waals surface area contributed by atoms with Crippen molar-refractivity contribution in [2.75, 3.05) is 26.3 Å². The molecule has 1 heterocycles. The average molecular weight is 570 g/mol. The van der Waals surface area contributed by atoms with Gasteiger partial charge in [0.05, 0.1) is 42.9 Å². The average Bonchev–Trinajstić information content (AvgIpc) is 3.32. The number of benzene rings is 4. The van der Waals surface area contributed by atoms with Gasteiger partial charge in [-0.25, -0.2) is 0 Å². The van der Waals surface area contributed by atoms with Crippen LogP contribution in [0.15, 0.2) is 102 Å². The molecule has 0 aromatic heterocycles. The van der Waals surface area contributed by atoms with Crippen LogP contribution in [0.1, 0.15) is 6.92 Å². The second kappa shape index (κ2) is 11.3. The molecule has 0 atom stereocenters. The largest absolute Gasteiger partial charge is 0.497 e. The van der Waals surface area contributed by atoms with E-state index in [0.29, 0.717) is 33.9 Å². The van der Waals surface area contributed by atoms with Crippen LogP contribution in [0.25, 0.3) is 0 Å².